The Morgan fingerprint density at radius 3 is 2.46 bits per heavy atom. The number of aliphatic hydroxyl groups is 1. The molecule has 0 aliphatic carbocycles. The monoisotopic (exact) mass is 443 g/mol. The van der Waals surface area contributed by atoms with E-state index in [-0.39, 0.29) is 10.8 Å². The Hall–Kier alpha value is -1.03. The first kappa shape index (κ1) is 17.8. The van der Waals surface area contributed by atoms with Gasteiger partial charge in [0.1, 0.15) is 10.3 Å². The van der Waals surface area contributed by atoms with E-state index in [0.717, 1.165) is 19.1 Å². The highest BCUT2D eigenvalue weighted by Gasteiger charge is 2.17. The second-order valence-electron chi connectivity index (χ2n) is 5.00. The van der Waals surface area contributed by atoms with Gasteiger partial charge in [0.15, 0.2) is 0 Å². The first-order valence-electron chi connectivity index (χ1n) is 7.02. The van der Waals surface area contributed by atoms with Gasteiger partial charge in [0, 0.05) is 16.3 Å². The Labute approximate surface area is 157 Å². The molecule has 0 radical (unpaired) electrons. The molecule has 2 N–H and O–H groups in total. The first-order chi connectivity index (χ1) is 11.5. The fourth-order valence-corrected chi connectivity index (χ4v) is 6.23. The lowest BCUT2D eigenvalue weighted by atomic mass is 10.1. The summed E-state index contributed by atoms with van der Waals surface area (Å²) in [6.45, 7) is 0.198. The second-order valence-corrected chi connectivity index (χ2v) is 10.7. The van der Waals surface area contributed by atoms with Crippen molar-refractivity contribution in [3.8, 4) is 0 Å². The summed E-state index contributed by atoms with van der Waals surface area (Å²) in [4.78, 5) is 1.63. The molecule has 1 aromatic carbocycles. The predicted molar refractivity (Wildman–Crippen MR) is 101 cm³/mol. The van der Waals surface area contributed by atoms with Crippen molar-refractivity contribution in [2.24, 2.45) is 0 Å². The summed E-state index contributed by atoms with van der Waals surface area (Å²) in [5.41, 5.74) is 0.815. The zero-order chi connectivity index (χ0) is 17.2. The third kappa shape index (κ3) is 4.14. The lowest BCUT2D eigenvalue weighted by Gasteiger charge is -2.08. The van der Waals surface area contributed by atoms with Gasteiger partial charge in [-0.25, -0.2) is 13.1 Å². The maximum absolute atomic E-state index is 12.2. The van der Waals surface area contributed by atoms with Crippen LogP contribution in [-0.4, -0.2) is 13.5 Å². The van der Waals surface area contributed by atoms with E-state index in [9.17, 15) is 13.5 Å². The summed E-state index contributed by atoms with van der Waals surface area (Å²) in [7, 11) is -3.52. The highest BCUT2D eigenvalue weighted by Crippen LogP contribution is 2.29. The van der Waals surface area contributed by atoms with Crippen molar-refractivity contribution in [3.05, 3.63) is 73.7 Å². The predicted octanol–water partition coefficient (Wildman–Crippen LogP) is 4.13. The van der Waals surface area contributed by atoms with E-state index in [1.807, 2.05) is 42.5 Å². The van der Waals surface area contributed by atoms with Gasteiger partial charge in [-0.2, -0.15) is 0 Å². The SMILES string of the molecule is O=S(=O)(NCc1ccc([C@@H](O)c2ccccc2)s1)c1ccc(Br)s1. The molecule has 3 aromatic rings. The third-order valence-corrected chi connectivity index (χ3v) is 7.97. The summed E-state index contributed by atoms with van der Waals surface area (Å²) in [6, 6.07) is 16.3. The van der Waals surface area contributed by atoms with E-state index in [2.05, 4.69) is 20.7 Å². The van der Waals surface area contributed by atoms with Crippen LogP contribution in [0.5, 0.6) is 0 Å². The molecule has 0 amide bonds. The fourth-order valence-electron chi connectivity index (χ4n) is 2.12. The molecule has 0 spiro atoms. The molecule has 2 aromatic heterocycles. The van der Waals surface area contributed by atoms with Crippen molar-refractivity contribution in [1.29, 1.82) is 0 Å². The van der Waals surface area contributed by atoms with Gasteiger partial charge < -0.3 is 5.11 Å². The van der Waals surface area contributed by atoms with Crippen LogP contribution in [0.3, 0.4) is 0 Å². The second kappa shape index (κ2) is 7.47. The molecule has 0 aliphatic heterocycles. The van der Waals surface area contributed by atoms with Crippen LogP contribution in [0.4, 0.5) is 0 Å². The van der Waals surface area contributed by atoms with Gasteiger partial charge in [-0.1, -0.05) is 30.3 Å². The van der Waals surface area contributed by atoms with Crippen LogP contribution in [0.1, 0.15) is 21.4 Å². The molecule has 24 heavy (non-hydrogen) atoms. The number of halogens is 1. The number of hydrogen-bond donors (Lipinski definition) is 2. The van der Waals surface area contributed by atoms with E-state index in [1.165, 1.54) is 22.7 Å². The summed E-state index contributed by atoms with van der Waals surface area (Å²) in [5.74, 6) is 0. The summed E-state index contributed by atoms with van der Waals surface area (Å²) < 4.78 is 28.1. The Bertz CT molecular complexity index is 919. The highest BCUT2D eigenvalue weighted by molar-refractivity contribution is 9.11. The van der Waals surface area contributed by atoms with Crippen LogP contribution < -0.4 is 4.72 Å². The molecule has 0 fully saturated rings. The molecule has 0 saturated heterocycles. The lowest BCUT2D eigenvalue weighted by molar-refractivity contribution is 0.224. The van der Waals surface area contributed by atoms with Crippen LogP contribution in [-0.2, 0) is 16.6 Å². The molecule has 8 heteroatoms. The first-order valence-corrected chi connectivity index (χ1v) is 10.9. The quantitative estimate of drug-likeness (QED) is 0.601. The molecule has 0 unspecified atom stereocenters. The van der Waals surface area contributed by atoms with Crippen LogP contribution in [0, 0.1) is 0 Å². The van der Waals surface area contributed by atoms with Crippen LogP contribution in [0.15, 0.2) is 62.6 Å². The zero-order valence-electron chi connectivity index (χ0n) is 12.3. The molecule has 0 bridgehead atoms. The summed E-state index contributed by atoms with van der Waals surface area (Å²) >= 11 is 5.82. The molecule has 0 aliphatic rings. The van der Waals surface area contributed by atoms with Gasteiger partial charge in [-0.3, -0.25) is 0 Å². The maximum Gasteiger partial charge on any atom is 0.250 e. The Balaban J connectivity index is 1.68. The standard InChI is InChI=1S/C16H14BrNO3S3/c17-14-8-9-15(23-14)24(20,21)18-10-12-6-7-13(22-12)16(19)11-4-2-1-3-5-11/h1-9,16,18-19H,10H2/t16-/m0/s1. The molecule has 2 heterocycles. The average Bonchev–Trinajstić information content (AvgIpc) is 3.22. The van der Waals surface area contributed by atoms with Gasteiger partial charge in [0.2, 0.25) is 10.0 Å². The van der Waals surface area contributed by atoms with E-state index < -0.39 is 16.1 Å². The van der Waals surface area contributed by atoms with Gasteiger partial charge in [0.25, 0.3) is 0 Å². The molecule has 3 rings (SSSR count). The minimum atomic E-state index is -3.52. The van der Waals surface area contributed by atoms with Gasteiger partial charge in [-0.05, 0) is 45.8 Å². The third-order valence-electron chi connectivity index (χ3n) is 3.32. The van der Waals surface area contributed by atoms with Crippen LogP contribution in [0.25, 0.3) is 0 Å². The molecule has 126 valence electrons. The molecule has 0 saturated carbocycles. The zero-order valence-corrected chi connectivity index (χ0v) is 16.4. The van der Waals surface area contributed by atoms with Crippen molar-refractivity contribution in [3.63, 3.8) is 0 Å². The van der Waals surface area contributed by atoms with Gasteiger partial charge >= 0.3 is 0 Å². The number of hydrogen-bond acceptors (Lipinski definition) is 5. The topological polar surface area (TPSA) is 66.4 Å². The normalized spacial score (nSPS) is 13.1. The molecular formula is C16H14BrNO3S3. The number of benzene rings is 1. The van der Waals surface area contributed by atoms with Crippen molar-refractivity contribution in [2.75, 3.05) is 0 Å². The summed E-state index contributed by atoms with van der Waals surface area (Å²) in [6.07, 6.45) is -0.699. The Morgan fingerprint density at radius 2 is 1.79 bits per heavy atom. The maximum atomic E-state index is 12.2. The number of thiophene rings is 2. The molecule has 1 atom stereocenters. The van der Waals surface area contributed by atoms with Crippen molar-refractivity contribution in [2.45, 2.75) is 16.9 Å². The minimum absolute atomic E-state index is 0.198. The average molecular weight is 444 g/mol. The molecule has 4 nitrogen and oxygen atoms in total. The van der Waals surface area contributed by atoms with E-state index in [1.54, 1.807) is 12.1 Å². The minimum Gasteiger partial charge on any atom is -0.383 e. The number of rotatable bonds is 6. The Morgan fingerprint density at radius 1 is 1.04 bits per heavy atom. The van der Waals surface area contributed by atoms with Gasteiger partial charge in [-0.15, -0.1) is 22.7 Å². The van der Waals surface area contributed by atoms with Crippen molar-refractivity contribution in [1.82, 2.24) is 4.72 Å². The fraction of sp³-hybridized carbons (Fsp3) is 0.125. The highest BCUT2D eigenvalue weighted by atomic mass is 79.9. The van der Waals surface area contributed by atoms with Gasteiger partial charge in [0.05, 0.1) is 3.79 Å². The van der Waals surface area contributed by atoms with E-state index in [0.29, 0.717) is 0 Å². The van der Waals surface area contributed by atoms with Crippen LogP contribution in [0.2, 0.25) is 0 Å². The lowest BCUT2D eigenvalue weighted by Crippen LogP contribution is -2.21. The van der Waals surface area contributed by atoms with Crippen molar-refractivity contribution < 1.29 is 13.5 Å². The Kier molecular flexibility index (Phi) is 5.53. The number of nitrogens with one attached hydrogen (secondary N) is 1. The summed E-state index contributed by atoms with van der Waals surface area (Å²) in [5, 5.41) is 10.4. The number of sulfonamides is 1. The largest absolute Gasteiger partial charge is 0.383 e. The van der Waals surface area contributed by atoms with Crippen LogP contribution >= 0.6 is 38.6 Å². The van der Waals surface area contributed by atoms with Crippen molar-refractivity contribution >= 4 is 48.6 Å². The molecular weight excluding hydrogens is 430 g/mol. The number of aliphatic hydroxyl groups excluding tert-OH is 1. The smallest absolute Gasteiger partial charge is 0.250 e. The van der Waals surface area contributed by atoms with E-state index >= 15 is 0 Å². The van der Waals surface area contributed by atoms with E-state index in [4.69, 9.17) is 0 Å².